The highest BCUT2D eigenvalue weighted by Gasteiger charge is 2.22. The molecule has 150 valence electrons. The van der Waals surface area contributed by atoms with Crippen molar-refractivity contribution in [3.8, 4) is 0 Å². The number of esters is 1. The highest BCUT2D eigenvalue weighted by atomic mass is 32.2. The summed E-state index contributed by atoms with van der Waals surface area (Å²) in [5.41, 5.74) is 4.27. The van der Waals surface area contributed by atoms with Crippen molar-refractivity contribution in [3.63, 3.8) is 0 Å². The molecule has 0 bridgehead atoms. The van der Waals surface area contributed by atoms with Gasteiger partial charge in [-0.05, 0) is 75.1 Å². The Kier molecular flexibility index (Phi) is 6.74. The SMILES string of the molecule is Cc1ccc(C(=O)[C@H](C)OC(=O)CNS(=O)(=O)c2ccc(C)c(C)c2)cc1C. The van der Waals surface area contributed by atoms with E-state index in [-0.39, 0.29) is 10.7 Å². The second-order valence-corrected chi connectivity index (χ2v) is 8.63. The molecule has 0 saturated carbocycles. The van der Waals surface area contributed by atoms with Crippen molar-refractivity contribution >= 4 is 21.8 Å². The first-order valence-electron chi connectivity index (χ1n) is 8.89. The molecule has 2 aromatic rings. The van der Waals surface area contributed by atoms with Crippen molar-refractivity contribution in [2.24, 2.45) is 0 Å². The molecular formula is C21H25NO5S. The number of carbonyl (C=O) groups is 2. The number of carbonyl (C=O) groups excluding carboxylic acids is 2. The predicted octanol–water partition coefficient (Wildman–Crippen LogP) is 3.01. The Labute approximate surface area is 166 Å². The van der Waals surface area contributed by atoms with Crippen LogP contribution in [0.4, 0.5) is 0 Å². The largest absolute Gasteiger partial charge is 0.453 e. The molecule has 0 aliphatic heterocycles. The fourth-order valence-electron chi connectivity index (χ4n) is 2.54. The topological polar surface area (TPSA) is 89.5 Å². The van der Waals surface area contributed by atoms with E-state index in [0.29, 0.717) is 5.56 Å². The van der Waals surface area contributed by atoms with Gasteiger partial charge >= 0.3 is 5.97 Å². The second-order valence-electron chi connectivity index (χ2n) is 6.87. The molecule has 0 aromatic heterocycles. The fraction of sp³-hybridized carbons (Fsp3) is 0.333. The average Bonchev–Trinajstić information content (AvgIpc) is 2.64. The number of Topliss-reactive ketones (excluding diaryl/α,β-unsaturated/α-hetero) is 1. The lowest BCUT2D eigenvalue weighted by Crippen LogP contribution is -2.34. The number of nitrogens with one attached hydrogen (secondary N) is 1. The maximum Gasteiger partial charge on any atom is 0.321 e. The number of aryl methyl sites for hydroxylation is 4. The van der Waals surface area contributed by atoms with Crippen molar-refractivity contribution in [2.75, 3.05) is 6.54 Å². The van der Waals surface area contributed by atoms with Gasteiger partial charge in [-0.2, -0.15) is 4.72 Å². The molecule has 6 nitrogen and oxygen atoms in total. The van der Waals surface area contributed by atoms with E-state index in [1.54, 1.807) is 18.2 Å². The normalized spacial score (nSPS) is 12.5. The number of sulfonamides is 1. The van der Waals surface area contributed by atoms with Crippen LogP contribution in [0, 0.1) is 27.7 Å². The quantitative estimate of drug-likeness (QED) is 0.567. The highest BCUT2D eigenvalue weighted by Crippen LogP contribution is 2.15. The maximum absolute atomic E-state index is 12.4. The minimum atomic E-state index is -3.85. The van der Waals surface area contributed by atoms with Crippen LogP contribution in [0.15, 0.2) is 41.3 Å². The number of ether oxygens (including phenoxy) is 1. The van der Waals surface area contributed by atoms with Gasteiger partial charge in [0, 0.05) is 5.56 Å². The van der Waals surface area contributed by atoms with E-state index in [9.17, 15) is 18.0 Å². The fourth-order valence-corrected chi connectivity index (χ4v) is 3.59. The van der Waals surface area contributed by atoms with E-state index in [2.05, 4.69) is 4.72 Å². The third-order valence-corrected chi connectivity index (χ3v) is 6.06. The van der Waals surface area contributed by atoms with Crippen LogP contribution in [0.25, 0.3) is 0 Å². The molecule has 0 amide bonds. The van der Waals surface area contributed by atoms with Crippen LogP contribution in [-0.4, -0.2) is 32.8 Å². The Hall–Kier alpha value is -2.51. The first-order valence-corrected chi connectivity index (χ1v) is 10.4. The van der Waals surface area contributed by atoms with Crippen molar-refractivity contribution in [2.45, 2.75) is 45.6 Å². The molecule has 1 N–H and O–H groups in total. The molecule has 0 aliphatic rings. The van der Waals surface area contributed by atoms with E-state index < -0.39 is 28.6 Å². The van der Waals surface area contributed by atoms with Crippen molar-refractivity contribution in [1.82, 2.24) is 4.72 Å². The Morgan fingerprint density at radius 3 is 2.07 bits per heavy atom. The number of benzene rings is 2. The smallest absolute Gasteiger partial charge is 0.321 e. The zero-order valence-electron chi connectivity index (χ0n) is 16.7. The van der Waals surface area contributed by atoms with Crippen LogP contribution in [0.3, 0.4) is 0 Å². The Balaban J connectivity index is 1.98. The van der Waals surface area contributed by atoms with Gasteiger partial charge in [0.1, 0.15) is 6.54 Å². The summed E-state index contributed by atoms with van der Waals surface area (Å²) in [7, 11) is -3.85. The lowest BCUT2D eigenvalue weighted by molar-refractivity contribution is -0.144. The second kappa shape index (κ2) is 8.67. The van der Waals surface area contributed by atoms with E-state index in [1.165, 1.54) is 19.1 Å². The van der Waals surface area contributed by atoms with Gasteiger partial charge in [-0.1, -0.05) is 18.2 Å². The molecule has 0 heterocycles. The van der Waals surface area contributed by atoms with Gasteiger partial charge in [0.25, 0.3) is 0 Å². The molecule has 2 rings (SSSR count). The highest BCUT2D eigenvalue weighted by molar-refractivity contribution is 7.89. The van der Waals surface area contributed by atoms with E-state index >= 15 is 0 Å². The molecule has 1 atom stereocenters. The van der Waals surface area contributed by atoms with Crippen molar-refractivity contribution < 1.29 is 22.7 Å². The zero-order chi connectivity index (χ0) is 21.1. The summed E-state index contributed by atoms with van der Waals surface area (Å²) in [6.45, 7) is 8.43. The van der Waals surface area contributed by atoms with Crippen LogP contribution in [0.1, 0.15) is 39.5 Å². The first kappa shape index (κ1) is 21.8. The Morgan fingerprint density at radius 2 is 1.50 bits per heavy atom. The maximum atomic E-state index is 12.4. The summed E-state index contributed by atoms with van der Waals surface area (Å²) < 4.78 is 32.0. The molecular weight excluding hydrogens is 378 g/mol. The van der Waals surface area contributed by atoms with E-state index in [1.807, 2.05) is 33.8 Å². The summed E-state index contributed by atoms with van der Waals surface area (Å²) in [4.78, 5) is 24.5. The van der Waals surface area contributed by atoms with Gasteiger partial charge < -0.3 is 4.74 Å². The molecule has 2 aromatic carbocycles. The third-order valence-electron chi connectivity index (χ3n) is 4.66. The van der Waals surface area contributed by atoms with Gasteiger partial charge in [0.05, 0.1) is 4.90 Å². The molecule has 0 fully saturated rings. The molecule has 0 spiro atoms. The van der Waals surface area contributed by atoms with Gasteiger partial charge in [0.2, 0.25) is 15.8 Å². The van der Waals surface area contributed by atoms with E-state index in [0.717, 1.165) is 22.3 Å². The summed E-state index contributed by atoms with van der Waals surface area (Å²) in [5, 5.41) is 0. The van der Waals surface area contributed by atoms with Crippen LogP contribution in [0.5, 0.6) is 0 Å². The molecule has 0 unspecified atom stereocenters. The number of hydrogen-bond donors (Lipinski definition) is 1. The summed E-state index contributed by atoms with van der Waals surface area (Å²) in [6.07, 6.45) is -1.01. The predicted molar refractivity (Wildman–Crippen MR) is 107 cm³/mol. The minimum absolute atomic E-state index is 0.0719. The molecule has 28 heavy (non-hydrogen) atoms. The minimum Gasteiger partial charge on any atom is -0.453 e. The first-order chi connectivity index (χ1) is 13.0. The lowest BCUT2D eigenvalue weighted by Gasteiger charge is -2.14. The summed E-state index contributed by atoms with van der Waals surface area (Å²) in [5.74, 6) is -1.16. The van der Waals surface area contributed by atoms with Crippen molar-refractivity contribution in [3.05, 3.63) is 64.2 Å². The van der Waals surface area contributed by atoms with Crippen LogP contribution >= 0.6 is 0 Å². The van der Waals surface area contributed by atoms with Gasteiger partial charge in [-0.3, -0.25) is 9.59 Å². The van der Waals surface area contributed by atoms with Gasteiger partial charge in [-0.15, -0.1) is 0 Å². The number of hydrogen-bond acceptors (Lipinski definition) is 5. The average molecular weight is 404 g/mol. The molecule has 7 heteroatoms. The molecule has 0 aliphatic carbocycles. The van der Waals surface area contributed by atoms with Crippen LogP contribution in [-0.2, 0) is 19.6 Å². The van der Waals surface area contributed by atoms with E-state index in [4.69, 9.17) is 4.74 Å². The summed E-state index contributed by atoms with van der Waals surface area (Å²) >= 11 is 0. The monoisotopic (exact) mass is 403 g/mol. The summed E-state index contributed by atoms with van der Waals surface area (Å²) in [6, 6.07) is 9.96. The van der Waals surface area contributed by atoms with Crippen LogP contribution in [0.2, 0.25) is 0 Å². The number of ketones is 1. The molecule has 0 saturated heterocycles. The van der Waals surface area contributed by atoms with Crippen LogP contribution < -0.4 is 4.72 Å². The lowest BCUT2D eigenvalue weighted by atomic mass is 10.0. The molecule has 0 radical (unpaired) electrons. The van der Waals surface area contributed by atoms with Crippen molar-refractivity contribution in [1.29, 1.82) is 0 Å². The Bertz CT molecular complexity index is 1010. The Morgan fingerprint density at radius 1 is 0.929 bits per heavy atom. The zero-order valence-corrected chi connectivity index (χ0v) is 17.5. The third kappa shape index (κ3) is 5.27. The van der Waals surface area contributed by atoms with Gasteiger partial charge in [0.15, 0.2) is 6.10 Å². The number of rotatable bonds is 7. The standard InChI is InChI=1S/C21H25NO5S/c1-13-6-8-18(10-15(13)3)21(24)17(5)27-20(23)12-22-28(25,26)19-9-7-14(2)16(4)11-19/h6-11,17,22H,12H2,1-5H3/t17-/m0/s1. The van der Waals surface area contributed by atoms with Gasteiger partial charge in [-0.25, -0.2) is 8.42 Å².